The molecule has 0 aromatic rings. The van der Waals surface area contributed by atoms with Crippen molar-refractivity contribution in [3.8, 4) is 12.3 Å². The van der Waals surface area contributed by atoms with Crippen LogP contribution in [-0.4, -0.2) is 37.0 Å². The molecular weight excluding hydrogens is 200 g/mol. The van der Waals surface area contributed by atoms with Gasteiger partial charge in [0.05, 0.1) is 6.54 Å². The summed E-state index contributed by atoms with van der Waals surface area (Å²) in [5.41, 5.74) is 0. The van der Waals surface area contributed by atoms with E-state index >= 15 is 0 Å². The first-order valence-electron chi connectivity index (χ1n) is 6.15. The number of carbonyl (C=O) groups excluding carboxylic acids is 1. The SMILES string of the molecule is C#CCN(CC1CC1)C(=O)C(C)C1CNC1. The number of nitrogens with zero attached hydrogens (tertiary/aromatic N) is 1. The van der Waals surface area contributed by atoms with E-state index in [9.17, 15) is 4.79 Å². The Morgan fingerprint density at radius 1 is 1.56 bits per heavy atom. The second kappa shape index (κ2) is 4.88. The standard InChI is InChI=1S/C13H20N2O/c1-3-6-15(9-11-4-5-11)13(16)10(2)12-7-14-8-12/h1,10-12,14H,4-9H2,2H3. The van der Waals surface area contributed by atoms with Gasteiger partial charge in [0.15, 0.2) is 0 Å². The number of rotatable bonds is 5. The van der Waals surface area contributed by atoms with Crippen molar-refractivity contribution in [2.24, 2.45) is 17.8 Å². The van der Waals surface area contributed by atoms with Crippen molar-refractivity contribution >= 4 is 5.91 Å². The molecule has 1 atom stereocenters. The third kappa shape index (κ3) is 2.56. The van der Waals surface area contributed by atoms with Crippen molar-refractivity contribution < 1.29 is 4.79 Å². The minimum atomic E-state index is 0.119. The summed E-state index contributed by atoms with van der Waals surface area (Å²) < 4.78 is 0. The van der Waals surface area contributed by atoms with E-state index in [-0.39, 0.29) is 11.8 Å². The minimum Gasteiger partial charge on any atom is -0.331 e. The summed E-state index contributed by atoms with van der Waals surface area (Å²) in [7, 11) is 0. The molecule has 1 saturated carbocycles. The smallest absolute Gasteiger partial charge is 0.226 e. The van der Waals surface area contributed by atoms with Gasteiger partial charge in [0.25, 0.3) is 0 Å². The molecule has 1 saturated heterocycles. The number of hydrogen-bond donors (Lipinski definition) is 1. The van der Waals surface area contributed by atoms with E-state index in [4.69, 9.17) is 6.42 Å². The van der Waals surface area contributed by atoms with E-state index in [1.54, 1.807) is 0 Å². The third-order valence-corrected chi connectivity index (χ3v) is 3.68. The lowest BCUT2D eigenvalue weighted by molar-refractivity contribution is -0.137. The Labute approximate surface area is 97.6 Å². The fraction of sp³-hybridized carbons (Fsp3) is 0.769. The molecule has 2 fully saturated rings. The van der Waals surface area contributed by atoms with Gasteiger partial charge in [-0.1, -0.05) is 12.8 Å². The summed E-state index contributed by atoms with van der Waals surface area (Å²) in [6.45, 7) is 5.32. The second-order valence-electron chi connectivity index (χ2n) is 5.07. The Balaban J connectivity index is 1.89. The molecule has 0 radical (unpaired) electrons. The highest BCUT2D eigenvalue weighted by atomic mass is 16.2. The van der Waals surface area contributed by atoms with Gasteiger partial charge in [-0.05, 0) is 37.8 Å². The van der Waals surface area contributed by atoms with Crippen LogP contribution >= 0.6 is 0 Å². The highest BCUT2D eigenvalue weighted by molar-refractivity contribution is 5.79. The molecule has 0 spiro atoms. The molecule has 2 rings (SSSR count). The van der Waals surface area contributed by atoms with Crippen LogP contribution in [-0.2, 0) is 4.79 Å². The van der Waals surface area contributed by atoms with E-state index in [0.717, 1.165) is 19.6 Å². The fourth-order valence-corrected chi connectivity index (χ4v) is 2.11. The summed E-state index contributed by atoms with van der Waals surface area (Å²) >= 11 is 0. The van der Waals surface area contributed by atoms with Gasteiger partial charge >= 0.3 is 0 Å². The highest BCUT2D eigenvalue weighted by Crippen LogP contribution is 2.30. The predicted molar refractivity (Wildman–Crippen MR) is 63.7 cm³/mol. The van der Waals surface area contributed by atoms with Gasteiger partial charge in [0.1, 0.15) is 0 Å². The number of amides is 1. The molecule has 3 heteroatoms. The Bertz CT molecular complexity index is 300. The van der Waals surface area contributed by atoms with Crippen molar-refractivity contribution in [1.82, 2.24) is 10.2 Å². The van der Waals surface area contributed by atoms with E-state index in [1.165, 1.54) is 12.8 Å². The van der Waals surface area contributed by atoms with Gasteiger partial charge in [0.2, 0.25) is 5.91 Å². The number of nitrogens with one attached hydrogen (secondary N) is 1. The van der Waals surface area contributed by atoms with Crippen molar-refractivity contribution in [1.29, 1.82) is 0 Å². The zero-order valence-corrected chi connectivity index (χ0v) is 9.91. The van der Waals surface area contributed by atoms with Crippen LogP contribution in [0, 0.1) is 30.1 Å². The van der Waals surface area contributed by atoms with Gasteiger partial charge in [-0.3, -0.25) is 4.79 Å². The number of hydrogen-bond acceptors (Lipinski definition) is 2. The first-order chi connectivity index (χ1) is 7.72. The van der Waals surface area contributed by atoms with Crippen LogP contribution in [0.1, 0.15) is 19.8 Å². The van der Waals surface area contributed by atoms with Crippen LogP contribution in [0.4, 0.5) is 0 Å². The molecule has 0 bridgehead atoms. The highest BCUT2D eigenvalue weighted by Gasteiger charge is 2.33. The van der Waals surface area contributed by atoms with Crippen LogP contribution < -0.4 is 5.32 Å². The molecule has 2 aliphatic rings. The Hall–Kier alpha value is -1.01. The maximum atomic E-state index is 12.2. The van der Waals surface area contributed by atoms with Crippen LogP contribution in [0.3, 0.4) is 0 Å². The largest absolute Gasteiger partial charge is 0.331 e. The fourth-order valence-electron chi connectivity index (χ4n) is 2.11. The molecule has 0 aromatic heterocycles. The summed E-state index contributed by atoms with van der Waals surface area (Å²) in [5.74, 6) is 4.19. The van der Waals surface area contributed by atoms with E-state index < -0.39 is 0 Å². The lowest BCUT2D eigenvalue weighted by atomic mass is 9.88. The molecule has 1 aliphatic heterocycles. The molecule has 1 amide bonds. The lowest BCUT2D eigenvalue weighted by Crippen LogP contribution is -2.50. The Morgan fingerprint density at radius 2 is 2.25 bits per heavy atom. The van der Waals surface area contributed by atoms with Gasteiger partial charge < -0.3 is 10.2 Å². The van der Waals surface area contributed by atoms with E-state index in [0.29, 0.717) is 18.4 Å². The maximum Gasteiger partial charge on any atom is 0.226 e. The average Bonchev–Trinajstić information content (AvgIpc) is 2.97. The molecule has 1 unspecified atom stereocenters. The first-order valence-corrected chi connectivity index (χ1v) is 6.15. The van der Waals surface area contributed by atoms with Crippen LogP contribution in [0.5, 0.6) is 0 Å². The lowest BCUT2D eigenvalue weighted by Gasteiger charge is -2.34. The Kier molecular flexibility index (Phi) is 3.50. The summed E-state index contributed by atoms with van der Waals surface area (Å²) in [4.78, 5) is 14.1. The van der Waals surface area contributed by atoms with Crippen molar-refractivity contribution in [3.63, 3.8) is 0 Å². The molecule has 0 aromatic carbocycles. The number of carbonyl (C=O) groups is 1. The molecule has 88 valence electrons. The normalized spacial score (nSPS) is 22.0. The minimum absolute atomic E-state index is 0.119. The topological polar surface area (TPSA) is 32.3 Å². The van der Waals surface area contributed by atoms with Crippen LogP contribution in [0.25, 0.3) is 0 Å². The first kappa shape index (κ1) is 11.5. The van der Waals surface area contributed by atoms with Crippen LogP contribution in [0.2, 0.25) is 0 Å². The van der Waals surface area contributed by atoms with Crippen LogP contribution in [0.15, 0.2) is 0 Å². The maximum absolute atomic E-state index is 12.2. The summed E-state index contributed by atoms with van der Waals surface area (Å²) in [6, 6.07) is 0. The molecule has 1 heterocycles. The quantitative estimate of drug-likeness (QED) is 0.692. The summed E-state index contributed by atoms with van der Waals surface area (Å²) in [6.07, 6.45) is 7.85. The predicted octanol–water partition coefficient (Wildman–Crippen LogP) is 0.714. The Morgan fingerprint density at radius 3 is 2.69 bits per heavy atom. The van der Waals surface area contributed by atoms with E-state index in [1.807, 2.05) is 11.8 Å². The van der Waals surface area contributed by atoms with Crippen molar-refractivity contribution in [2.75, 3.05) is 26.2 Å². The van der Waals surface area contributed by atoms with Crippen molar-refractivity contribution in [3.05, 3.63) is 0 Å². The van der Waals surface area contributed by atoms with Gasteiger partial charge in [-0.15, -0.1) is 6.42 Å². The van der Waals surface area contributed by atoms with Gasteiger partial charge in [-0.25, -0.2) is 0 Å². The average molecular weight is 220 g/mol. The second-order valence-corrected chi connectivity index (χ2v) is 5.07. The molecular formula is C13H20N2O. The molecule has 3 nitrogen and oxygen atoms in total. The van der Waals surface area contributed by atoms with Gasteiger partial charge in [0, 0.05) is 12.5 Å². The summed E-state index contributed by atoms with van der Waals surface area (Å²) in [5, 5.41) is 3.21. The van der Waals surface area contributed by atoms with Gasteiger partial charge in [-0.2, -0.15) is 0 Å². The molecule has 1 N–H and O–H groups in total. The zero-order chi connectivity index (χ0) is 11.5. The molecule has 1 aliphatic carbocycles. The molecule has 16 heavy (non-hydrogen) atoms. The monoisotopic (exact) mass is 220 g/mol. The zero-order valence-electron chi connectivity index (χ0n) is 9.91. The number of terminal acetylenes is 1. The third-order valence-electron chi connectivity index (χ3n) is 3.68. The van der Waals surface area contributed by atoms with E-state index in [2.05, 4.69) is 11.2 Å². The van der Waals surface area contributed by atoms with Crippen molar-refractivity contribution in [2.45, 2.75) is 19.8 Å².